The predicted octanol–water partition coefficient (Wildman–Crippen LogP) is 3.99. The summed E-state index contributed by atoms with van der Waals surface area (Å²) in [4.78, 5) is 32.8. The molecular weight excluding hydrogens is 681 g/mol. The highest BCUT2D eigenvalue weighted by Gasteiger charge is 2.32. The van der Waals surface area contributed by atoms with Crippen molar-refractivity contribution in [1.29, 1.82) is 0 Å². The summed E-state index contributed by atoms with van der Waals surface area (Å²) in [5, 5.41) is 30.7. The second kappa shape index (κ2) is 18.9. The molecule has 3 aromatic rings. The molecule has 0 unspecified atom stereocenters. The van der Waals surface area contributed by atoms with Gasteiger partial charge >= 0.3 is 6.03 Å². The smallest absolute Gasteiger partial charge is 0.318 e. The number of hydrogen-bond acceptors (Lipinski definition) is 10. The number of oxime groups is 1. The molecular formula is C35H48N6O7S2. The molecule has 0 radical (unpaired) electrons. The Morgan fingerprint density at radius 1 is 1.12 bits per heavy atom. The lowest BCUT2D eigenvalue weighted by molar-refractivity contribution is -0.126. The number of aliphatic hydroxyl groups excluding tert-OH is 1. The number of ether oxygens (including phenoxy) is 1. The molecule has 50 heavy (non-hydrogen) atoms. The van der Waals surface area contributed by atoms with E-state index in [2.05, 4.69) is 20.8 Å². The number of nitrogens with one attached hydrogen (secondary N) is 2. The average Bonchev–Trinajstić information content (AvgIpc) is 3.78. The van der Waals surface area contributed by atoms with Crippen molar-refractivity contribution in [2.24, 2.45) is 11.1 Å². The van der Waals surface area contributed by atoms with Gasteiger partial charge in [-0.1, -0.05) is 60.5 Å². The van der Waals surface area contributed by atoms with Crippen LogP contribution >= 0.6 is 11.3 Å². The molecule has 272 valence electrons. The molecule has 1 aromatic heterocycles. The highest BCUT2D eigenvalue weighted by atomic mass is 32.2. The average molecular weight is 729 g/mol. The standard InChI is InChI=1S/C35H48N6O7S2/c1-25(42)33(39-35(44)40(2)22-30-24-49-32(37-30)23-48-3)34(43)38-29(19-26-9-5-4-6-10-26)17-18-41(21-28-11-7-8-12-28)50(46,47)31-15-13-27(14-16-31)20-36-45/h4-6,9-10,13-16,20,24-25,28-29,33,42,45H,7-8,11-12,17-19,21-23H2,1-3H3,(H,38,43)(H,39,44)/b36-20+/t25-,29+,33+/m0/s1. The van der Waals surface area contributed by atoms with E-state index in [0.717, 1.165) is 36.3 Å². The van der Waals surface area contributed by atoms with Gasteiger partial charge in [-0.25, -0.2) is 18.2 Å². The number of aliphatic hydroxyl groups is 1. The van der Waals surface area contributed by atoms with Gasteiger partial charge < -0.3 is 30.6 Å². The number of carbonyl (C=O) groups excluding carboxylic acids is 2. The first kappa shape index (κ1) is 38.9. The molecule has 0 saturated heterocycles. The number of rotatable bonds is 18. The van der Waals surface area contributed by atoms with E-state index in [1.807, 2.05) is 35.7 Å². The van der Waals surface area contributed by atoms with Gasteiger partial charge in [-0.05, 0) is 61.8 Å². The molecule has 3 atom stereocenters. The van der Waals surface area contributed by atoms with Crippen LogP contribution in [0.25, 0.3) is 0 Å². The van der Waals surface area contributed by atoms with Crippen molar-refractivity contribution in [3.8, 4) is 0 Å². The molecule has 1 aliphatic carbocycles. The largest absolute Gasteiger partial charge is 0.411 e. The van der Waals surface area contributed by atoms with Crippen molar-refractivity contribution in [3.05, 3.63) is 81.8 Å². The Hall–Kier alpha value is -3.89. The van der Waals surface area contributed by atoms with E-state index in [1.54, 1.807) is 26.3 Å². The second-order valence-electron chi connectivity index (χ2n) is 12.7. The number of urea groups is 1. The Kier molecular flexibility index (Phi) is 14.7. The maximum absolute atomic E-state index is 14.0. The summed E-state index contributed by atoms with van der Waals surface area (Å²) in [6, 6.07) is 13.4. The van der Waals surface area contributed by atoms with Gasteiger partial charge in [0.2, 0.25) is 15.9 Å². The monoisotopic (exact) mass is 728 g/mol. The van der Waals surface area contributed by atoms with Crippen LogP contribution in [0.2, 0.25) is 0 Å². The molecule has 15 heteroatoms. The first-order valence-electron chi connectivity index (χ1n) is 16.7. The third kappa shape index (κ3) is 11.3. The van der Waals surface area contributed by atoms with Crippen LogP contribution in [-0.2, 0) is 39.1 Å². The molecule has 0 bridgehead atoms. The highest BCUT2D eigenvalue weighted by Crippen LogP contribution is 2.28. The predicted molar refractivity (Wildman–Crippen MR) is 192 cm³/mol. The number of carbonyl (C=O) groups is 2. The van der Waals surface area contributed by atoms with E-state index in [0.29, 0.717) is 30.8 Å². The summed E-state index contributed by atoms with van der Waals surface area (Å²) in [5.74, 6) is -0.347. The Balaban J connectivity index is 1.50. The minimum Gasteiger partial charge on any atom is -0.411 e. The zero-order valence-corrected chi connectivity index (χ0v) is 30.4. The van der Waals surface area contributed by atoms with Crippen LogP contribution < -0.4 is 10.6 Å². The molecule has 1 saturated carbocycles. The van der Waals surface area contributed by atoms with Crippen LogP contribution in [0.4, 0.5) is 4.79 Å². The molecule has 1 fully saturated rings. The van der Waals surface area contributed by atoms with Crippen molar-refractivity contribution in [1.82, 2.24) is 24.8 Å². The summed E-state index contributed by atoms with van der Waals surface area (Å²) in [5.41, 5.74) is 2.18. The van der Waals surface area contributed by atoms with Gasteiger partial charge in [0.15, 0.2) is 0 Å². The van der Waals surface area contributed by atoms with E-state index in [9.17, 15) is 23.1 Å². The summed E-state index contributed by atoms with van der Waals surface area (Å²) in [6.45, 7) is 2.50. The Morgan fingerprint density at radius 3 is 2.46 bits per heavy atom. The van der Waals surface area contributed by atoms with Crippen molar-refractivity contribution >= 4 is 39.5 Å². The Bertz CT molecular complexity index is 1650. The fraction of sp³-hybridized carbons (Fsp3) is 0.486. The zero-order chi connectivity index (χ0) is 36.1. The molecule has 0 spiro atoms. The van der Waals surface area contributed by atoms with Gasteiger partial charge in [-0.15, -0.1) is 11.3 Å². The van der Waals surface area contributed by atoms with Crippen molar-refractivity contribution in [2.45, 2.75) is 81.7 Å². The minimum atomic E-state index is -3.90. The van der Waals surface area contributed by atoms with Crippen molar-refractivity contribution < 1.29 is 33.1 Å². The van der Waals surface area contributed by atoms with Crippen molar-refractivity contribution in [3.63, 3.8) is 0 Å². The molecule has 4 rings (SSSR count). The number of sulfonamides is 1. The number of benzene rings is 2. The first-order valence-corrected chi connectivity index (χ1v) is 19.1. The first-order chi connectivity index (χ1) is 24.0. The Morgan fingerprint density at radius 2 is 1.82 bits per heavy atom. The normalized spacial score (nSPS) is 15.6. The van der Waals surface area contributed by atoms with Crippen LogP contribution in [0.3, 0.4) is 0 Å². The summed E-state index contributed by atoms with van der Waals surface area (Å²) < 4.78 is 34.6. The maximum Gasteiger partial charge on any atom is 0.318 e. The third-order valence-corrected chi connectivity index (χ3v) is 11.5. The van der Waals surface area contributed by atoms with Gasteiger partial charge in [0, 0.05) is 38.7 Å². The van der Waals surface area contributed by atoms with Gasteiger partial charge in [-0.3, -0.25) is 4.79 Å². The molecule has 4 N–H and O–H groups in total. The lowest BCUT2D eigenvalue weighted by Crippen LogP contribution is -2.57. The highest BCUT2D eigenvalue weighted by molar-refractivity contribution is 7.89. The third-order valence-electron chi connectivity index (χ3n) is 8.72. The molecule has 0 aliphatic heterocycles. The number of hydrogen-bond donors (Lipinski definition) is 4. The van der Waals surface area contributed by atoms with Crippen molar-refractivity contribution in [2.75, 3.05) is 27.2 Å². The van der Waals surface area contributed by atoms with Crippen LogP contribution in [-0.4, -0.2) is 96.5 Å². The quantitative estimate of drug-likeness (QED) is 0.0865. The van der Waals surface area contributed by atoms with E-state index in [1.165, 1.54) is 45.8 Å². The molecule has 13 nitrogen and oxygen atoms in total. The van der Waals surface area contributed by atoms with Crippen LogP contribution in [0.15, 0.2) is 70.0 Å². The van der Waals surface area contributed by atoms with E-state index < -0.39 is 40.1 Å². The lowest BCUT2D eigenvalue weighted by Gasteiger charge is -2.29. The van der Waals surface area contributed by atoms with Crippen LogP contribution in [0.5, 0.6) is 0 Å². The van der Waals surface area contributed by atoms with Gasteiger partial charge in [-0.2, -0.15) is 4.31 Å². The summed E-state index contributed by atoms with van der Waals surface area (Å²) in [7, 11) is -0.743. The topological polar surface area (TPSA) is 174 Å². The zero-order valence-electron chi connectivity index (χ0n) is 28.8. The minimum absolute atomic E-state index is 0.128. The second-order valence-corrected chi connectivity index (χ2v) is 15.6. The molecule has 1 aliphatic rings. The van der Waals surface area contributed by atoms with Gasteiger partial charge in [0.05, 0.1) is 36.1 Å². The number of amides is 3. The SMILES string of the molecule is COCc1nc(CN(C)C(=O)N[C@@H](C(=O)N[C@H](CCN(CC2CCCC2)S(=O)(=O)c2ccc(/C=N/O)cc2)Cc2ccccc2)[C@H](C)O)cs1. The molecule has 3 amide bonds. The van der Waals surface area contributed by atoms with E-state index >= 15 is 0 Å². The van der Waals surface area contributed by atoms with Gasteiger partial charge in [0.25, 0.3) is 0 Å². The van der Waals surface area contributed by atoms with E-state index in [-0.39, 0.29) is 30.3 Å². The number of aromatic nitrogens is 1. The molecule has 1 heterocycles. The summed E-state index contributed by atoms with van der Waals surface area (Å²) in [6.07, 6.45) is 4.72. The lowest BCUT2D eigenvalue weighted by atomic mass is 10.0. The summed E-state index contributed by atoms with van der Waals surface area (Å²) >= 11 is 1.42. The fourth-order valence-electron chi connectivity index (χ4n) is 6.02. The molecule has 2 aromatic carbocycles. The van der Waals surface area contributed by atoms with Gasteiger partial charge in [0.1, 0.15) is 11.0 Å². The number of thiazole rings is 1. The fourth-order valence-corrected chi connectivity index (χ4v) is 8.31. The van der Waals surface area contributed by atoms with E-state index in [4.69, 9.17) is 9.94 Å². The number of nitrogens with zero attached hydrogens (tertiary/aromatic N) is 4. The Labute approximate surface area is 298 Å². The maximum atomic E-state index is 14.0. The van der Waals surface area contributed by atoms with Crippen LogP contribution in [0, 0.1) is 5.92 Å². The number of methoxy groups -OCH3 is 1. The van der Waals surface area contributed by atoms with Crippen LogP contribution in [0.1, 0.15) is 60.9 Å².